The van der Waals surface area contributed by atoms with Crippen LogP contribution in [-0.2, 0) is 6.42 Å². The molecule has 0 saturated carbocycles. The van der Waals surface area contributed by atoms with Crippen molar-refractivity contribution >= 4 is 5.69 Å². The second-order valence-electron chi connectivity index (χ2n) is 2.99. The van der Waals surface area contributed by atoms with Crippen molar-refractivity contribution in [3.8, 4) is 0 Å². The second kappa shape index (κ2) is 2.60. The van der Waals surface area contributed by atoms with Crippen LogP contribution in [0.4, 0.5) is 5.69 Å². The Morgan fingerprint density at radius 3 is 3.33 bits per heavy atom. The van der Waals surface area contributed by atoms with E-state index >= 15 is 0 Å². The quantitative estimate of drug-likeness (QED) is 0.594. The molecule has 0 radical (unpaired) electrons. The molecule has 1 aliphatic heterocycles. The molecular weight excluding hydrogens is 150 g/mol. The summed E-state index contributed by atoms with van der Waals surface area (Å²) in [5, 5.41) is 3.15. The number of anilines is 1. The van der Waals surface area contributed by atoms with Crippen molar-refractivity contribution < 1.29 is 0 Å². The molecule has 0 saturated heterocycles. The van der Waals surface area contributed by atoms with Gasteiger partial charge in [-0.1, -0.05) is 6.58 Å². The van der Waals surface area contributed by atoms with Crippen LogP contribution in [0.3, 0.4) is 0 Å². The molecule has 1 unspecified atom stereocenters. The molecule has 0 spiro atoms. The lowest BCUT2D eigenvalue weighted by atomic mass is 10.0. The summed E-state index contributed by atoms with van der Waals surface area (Å²) in [6.45, 7) is 3.84. The molecule has 3 N–H and O–H groups in total. The van der Waals surface area contributed by atoms with E-state index in [1.807, 2.05) is 12.3 Å². The fourth-order valence-electron chi connectivity index (χ4n) is 1.34. The van der Waals surface area contributed by atoms with Crippen molar-refractivity contribution in [2.24, 2.45) is 5.73 Å². The SMILES string of the molecule is C=C1Nc2ccncc2CC1N. The van der Waals surface area contributed by atoms with E-state index < -0.39 is 0 Å². The van der Waals surface area contributed by atoms with Crippen LogP contribution in [0.15, 0.2) is 30.7 Å². The van der Waals surface area contributed by atoms with Gasteiger partial charge in [0.05, 0.1) is 0 Å². The zero-order valence-electron chi connectivity index (χ0n) is 6.75. The minimum absolute atomic E-state index is 0.0155. The first-order valence-corrected chi connectivity index (χ1v) is 3.91. The Morgan fingerprint density at radius 1 is 1.67 bits per heavy atom. The van der Waals surface area contributed by atoms with Gasteiger partial charge in [0.1, 0.15) is 0 Å². The molecule has 1 atom stereocenters. The number of rotatable bonds is 0. The van der Waals surface area contributed by atoms with Gasteiger partial charge < -0.3 is 11.1 Å². The van der Waals surface area contributed by atoms with E-state index in [0.29, 0.717) is 0 Å². The van der Waals surface area contributed by atoms with E-state index in [1.165, 1.54) is 0 Å². The van der Waals surface area contributed by atoms with Gasteiger partial charge in [0.15, 0.2) is 0 Å². The summed E-state index contributed by atoms with van der Waals surface area (Å²) >= 11 is 0. The maximum atomic E-state index is 5.80. The molecule has 1 aromatic rings. The van der Waals surface area contributed by atoms with E-state index in [1.54, 1.807) is 6.20 Å². The molecule has 0 aliphatic carbocycles. The highest BCUT2D eigenvalue weighted by atomic mass is 15.0. The summed E-state index contributed by atoms with van der Waals surface area (Å²) in [5.74, 6) is 0. The van der Waals surface area contributed by atoms with Gasteiger partial charge in [-0.2, -0.15) is 0 Å². The number of hydrogen-bond acceptors (Lipinski definition) is 3. The van der Waals surface area contributed by atoms with E-state index in [-0.39, 0.29) is 6.04 Å². The van der Waals surface area contributed by atoms with E-state index in [9.17, 15) is 0 Å². The number of nitrogens with one attached hydrogen (secondary N) is 1. The maximum absolute atomic E-state index is 5.80. The summed E-state index contributed by atoms with van der Waals surface area (Å²) in [6.07, 6.45) is 4.43. The van der Waals surface area contributed by atoms with Gasteiger partial charge in [-0.15, -0.1) is 0 Å². The summed E-state index contributed by atoms with van der Waals surface area (Å²) in [7, 11) is 0. The lowest BCUT2D eigenvalue weighted by Gasteiger charge is -2.24. The average molecular weight is 161 g/mol. The molecule has 12 heavy (non-hydrogen) atoms. The van der Waals surface area contributed by atoms with Gasteiger partial charge in [-0.25, -0.2) is 0 Å². The number of nitrogens with two attached hydrogens (primary N) is 1. The first kappa shape index (κ1) is 7.31. The number of pyridine rings is 1. The average Bonchev–Trinajstić information content (AvgIpc) is 2.07. The zero-order valence-corrected chi connectivity index (χ0v) is 6.75. The molecule has 0 amide bonds. The Labute approximate surface area is 71.3 Å². The van der Waals surface area contributed by atoms with Crippen LogP contribution in [0, 0.1) is 0 Å². The van der Waals surface area contributed by atoms with Crippen LogP contribution in [0.1, 0.15) is 5.56 Å². The van der Waals surface area contributed by atoms with Crippen LogP contribution < -0.4 is 11.1 Å². The predicted molar refractivity (Wildman–Crippen MR) is 48.7 cm³/mol. The highest BCUT2D eigenvalue weighted by Crippen LogP contribution is 2.23. The second-order valence-corrected chi connectivity index (χ2v) is 2.99. The van der Waals surface area contributed by atoms with Crippen LogP contribution in [0.25, 0.3) is 0 Å². The minimum atomic E-state index is 0.0155. The standard InChI is InChI=1S/C9H11N3/c1-6-8(10)4-7-5-11-3-2-9(7)12-6/h2-3,5,8,12H,1,4,10H2. The van der Waals surface area contributed by atoms with Crippen molar-refractivity contribution in [3.63, 3.8) is 0 Å². The van der Waals surface area contributed by atoms with Gasteiger partial charge in [-0.05, 0) is 18.1 Å². The maximum Gasteiger partial charge on any atom is 0.0484 e. The third kappa shape index (κ3) is 1.08. The minimum Gasteiger partial charge on any atom is -0.358 e. The summed E-state index contributed by atoms with van der Waals surface area (Å²) in [4.78, 5) is 4.03. The van der Waals surface area contributed by atoms with Crippen molar-refractivity contribution in [2.75, 3.05) is 5.32 Å². The van der Waals surface area contributed by atoms with Gasteiger partial charge in [-0.3, -0.25) is 4.98 Å². The third-order valence-corrected chi connectivity index (χ3v) is 2.09. The van der Waals surface area contributed by atoms with Crippen LogP contribution >= 0.6 is 0 Å². The monoisotopic (exact) mass is 161 g/mol. The van der Waals surface area contributed by atoms with Crippen LogP contribution in [0.5, 0.6) is 0 Å². The van der Waals surface area contributed by atoms with Gasteiger partial charge in [0.25, 0.3) is 0 Å². The predicted octanol–water partition coefficient (Wildman–Crippen LogP) is 0.891. The molecule has 2 rings (SSSR count). The van der Waals surface area contributed by atoms with Gasteiger partial charge in [0, 0.05) is 29.8 Å². The van der Waals surface area contributed by atoms with Crippen molar-refractivity contribution in [1.82, 2.24) is 4.98 Å². The number of hydrogen-bond donors (Lipinski definition) is 2. The first-order valence-electron chi connectivity index (χ1n) is 3.91. The normalized spacial score (nSPS) is 21.4. The molecular formula is C9H11N3. The van der Waals surface area contributed by atoms with Crippen LogP contribution in [0.2, 0.25) is 0 Å². The Balaban J connectivity index is 2.40. The molecule has 1 aliphatic rings. The summed E-state index contributed by atoms with van der Waals surface area (Å²) < 4.78 is 0. The highest BCUT2D eigenvalue weighted by Gasteiger charge is 2.17. The number of nitrogens with zero attached hydrogens (tertiary/aromatic N) is 1. The fraction of sp³-hybridized carbons (Fsp3) is 0.222. The molecule has 3 nitrogen and oxygen atoms in total. The topological polar surface area (TPSA) is 50.9 Å². The molecule has 0 bridgehead atoms. The smallest absolute Gasteiger partial charge is 0.0484 e. The van der Waals surface area contributed by atoms with Gasteiger partial charge >= 0.3 is 0 Å². The molecule has 0 aromatic carbocycles. The lowest BCUT2D eigenvalue weighted by Crippen LogP contribution is -2.32. The Bertz CT molecular complexity index is 319. The fourth-order valence-corrected chi connectivity index (χ4v) is 1.34. The van der Waals surface area contributed by atoms with Crippen molar-refractivity contribution in [2.45, 2.75) is 12.5 Å². The highest BCUT2D eigenvalue weighted by molar-refractivity contribution is 5.57. The Morgan fingerprint density at radius 2 is 2.50 bits per heavy atom. The summed E-state index contributed by atoms with van der Waals surface area (Å²) in [5.41, 5.74) is 8.93. The largest absolute Gasteiger partial charge is 0.358 e. The van der Waals surface area contributed by atoms with Gasteiger partial charge in [0.2, 0.25) is 0 Å². The zero-order chi connectivity index (χ0) is 8.55. The lowest BCUT2D eigenvalue weighted by molar-refractivity contribution is 0.749. The Kier molecular flexibility index (Phi) is 1.59. The van der Waals surface area contributed by atoms with Crippen molar-refractivity contribution in [1.29, 1.82) is 0 Å². The molecule has 3 heteroatoms. The number of aromatic nitrogens is 1. The molecule has 2 heterocycles. The third-order valence-electron chi connectivity index (χ3n) is 2.09. The number of fused-ring (bicyclic) bond motifs is 1. The molecule has 62 valence electrons. The molecule has 0 fully saturated rings. The van der Waals surface area contributed by atoms with E-state index in [4.69, 9.17) is 5.73 Å². The van der Waals surface area contributed by atoms with E-state index in [2.05, 4.69) is 16.9 Å². The van der Waals surface area contributed by atoms with E-state index in [0.717, 1.165) is 23.4 Å². The van der Waals surface area contributed by atoms with Crippen molar-refractivity contribution in [3.05, 3.63) is 36.3 Å². The summed E-state index contributed by atoms with van der Waals surface area (Å²) in [6, 6.07) is 1.95. The van der Waals surface area contributed by atoms with Crippen LogP contribution in [-0.4, -0.2) is 11.0 Å². The first-order chi connectivity index (χ1) is 5.77. The Hall–Kier alpha value is -1.35. The molecule has 1 aromatic heterocycles.